The van der Waals surface area contributed by atoms with E-state index in [-0.39, 0.29) is 0 Å². The molecular formula is C15H15NO2. The van der Waals surface area contributed by atoms with E-state index < -0.39 is 6.09 Å². The van der Waals surface area contributed by atoms with Crippen LogP contribution in [-0.4, -0.2) is 6.09 Å². The van der Waals surface area contributed by atoms with Crippen LogP contribution in [0.25, 0.3) is 0 Å². The van der Waals surface area contributed by atoms with Crippen LogP contribution >= 0.6 is 0 Å². The van der Waals surface area contributed by atoms with E-state index in [0.29, 0.717) is 5.75 Å². The summed E-state index contributed by atoms with van der Waals surface area (Å²) in [6.45, 7) is 3.92. The fourth-order valence-corrected chi connectivity index (χ4v) is 1.65. The molecule has 1 N–H and O–H groups in total. The van der Waals surface area contributed by atoms with Crippen molar-refractivity contribution in [2.75, 3.05) is 5.32 Å². The van der Waals surface area contributed by atoms with Crippen LogP contribution in [0.4, 0.5) is 10.5 Å². The van der Waals surface area contributed by atoms with Gasteiger partial charge in [0, 0.05) is 5.69 Å². The normalized spacial score (nSPS) is 9.89. The van der Waals surface area contributed by atoms with Crippen molar-refractivity contribution in [3.8, 4) is 5.75 Å². The Balaban J connectivity index is 2.01. The SMILES string of the molecule is Cc1cccc(NC(=O)Oc2cccc(C)c2)c1. The van der Waals surface area contributed by atoms with Crippen molar-refractivity contribution < 1.29 is 9.53 Å². The summed E-state index contributed by atoms with van der Waals surface area (Å²) in [6, 6.07) is 14.9. The van der Waals surface area contributed by atoms with Gasteiger partial charge in [0.2, 0.25) is 0 Å². The van der Waals surface area contributed by atoms with E-state index in [4.69, 9.17) is 4.74 Å². The quantitative estimate of drug-likeness (QED) is 0.865. The standard InChI is InChI=1S/C15H15NO2/c1-11-5-3-7-13(9-11)16-15(17)18-14-8-4-6-12(2)10-14/h3-10H,1-2H3,(H,16,17). The van der Waals surface area contributed by atoms with Crippen LogP contribution < -0.4 is 10.1 Å². The predicted octanol–water partition coefficient (Wildman–Crippen LogP) is 3.91. The lowest BCUT2D eigenvalue weighted by molar-refractivity contribution is 0.215. The fourth-order valence-electron chi connectivity index (χ4n) is 1.65. The zero-order chi connectivity index (χ0) is 13.0. The number of carbonyl (C=O) groups excluding carboxylic acids is 1. The van der Waals surface area contributed by atoms with Gasteiger partial charge in [-0.1, -0.05) is 24.3 Å². The number of hydrogen-bond donors (Lipinski definition) is 1. The molecule has 0 saturated heterocycles. The maximum atomic E-state index is 11.7. The molecule has 0 unspecified atom stereocenters. The molecule has 0 fully saturated rings. The summed E-state index contributed by atoms with van der Waals surface area (Å²) in [5.74, 6) is 0.542. The first-order valence-electron chi connectivity index (χ1n) is 5.76. The minimum atomic E-state index is -0.480. The van der Waals surface area contributed by atoms with E-state index >= 15 is 0 Å². The van der Waals surface area contributed by atoms with Crippen LogP contribution in [0.2, 0.25) is 0 Å². The lowest BCUT2D eigenvalue weighted by Crippen LogP contribution is -2.16. The van der Waals surface area contributed by atoms with Crippen LogP contribution in [0.5, 0.6) is 5.75 Å². The number of hydrogen-bond acceptors (Lipinski definition) is 2. The Bertz CT molecular complexity index is 514. The minimum absolute atomic E-state index is 0.480. The summed E-state index contributed by atoms with van der Waals surface area (Å²) in [5.41, 5.74) is 2.87. The highest BCUT2D eigenvalue weighted by Crippen LogP contribution is 2.14. The van der Waals surface area contributed by atoms with E-state index in [1.54, 1.807) is 6.07 Å². The van der Waals surface area contributed by atoms with Crippen LogP contribution in [0.15, 0.2) is 48.5 Å². The Labute approximate surface area is 106 Å². The van der Waals surface area contributed by atoms with Gasteiger partial charge in [-0.15, -0.1) is 0 Å². The molecule has 0 aliphatic carbocycles. The van der Waals surface area contributed by atoms with Crippen LogP contribution in [-0.2, 0) is 0 Å². The lowest BCUT2D eigenvalue weighted by atomic mass is 10.2. The topological polar surface area (TPSA) is 38.3 Å². The minimum Gasteiger partial charge on any atom is -0.410 e. The summed E-state index contributed by atoms with van der Waals surface area (Å²) in [7, 11) is 0. The molecule has 0 heterocycles. The predicted molar refractivity (Wildman–Crippen MR) is 72.0 cm³/mol. The van der Waals surface area contributed by atoms with Gasteiger partial charge in [-0.05, 0) is 49.2 Å². The second-order valence-electron chi connectivity index (χ2n) is 4.20. The number of ether oxygens (including phenoxy) is 1. The Morgan fingerprint density at radius 2 is 1.67 bits per heavy atom. The summed E-state index contributed by atoms with van der Waals surface area (Å²) in [5, 5.41) is 2.69. The molecule has 0 saturated carbocycles. The van der Waals surface area contributed by atoms with Gasteiger partial charge in [0.15, 0.2) is 0 Å². The van der Waals surface area contributed by atoms with E-state index in [2.05, 4.69) is 5.32 Å². The first kappa shape index (κ1) is 12.2. The van der Waals surface area contributed by atoms with Crippen molar-refractivity contribution in [2.24, 2.45) is 0 Å². The zero-order valence-electron chi connectivity index (χ0n) is 10.4. The highest BCUT2D eigenvalue weighted by atomic mass is 16.6. The Morgan fingerprint density at radius 3 is 2.33 bits per heavy atom. The van der Waals surface area contributed by atoms with Crippen molar-refractivity contribution in [2.45, 2.75) is 13.8 Å². The molecule has 0 aliphatic heterocycles. The molecule has 2 aromatic rings. The van der Waals surface area contributed by atoms with E-state index in [0.717, 1.165) is 16.8 Å². The van der Waals surface area contributed by atoms with E-state index in [1.807, 2.05) is 56.3 Å². The highest BCUT2D eigenvalue weighted by Gasteiger charge is 2.04. The second-order valence-corrected chi connectivity index (χ2v) is 4.20. The number of nitrogens with one attached hydrogen (secondary N) is 1. The first-order valence-corrected chi connectivity index (χ1v) is 5.76. The molecule has 0 radical (unpaired) electrons. The third kappa shape index (κ3) is 3.35. The average Bonchev–Trinajstić information content (AvgIpc) is 2.28. The Morgan fingerprint density at radius 1 is 1.00 bits per heavy atom. The summed E-state index contributed by atoms with van der Waals surface area (Å²) < 4.78 is 5.19. The highest BCUT2D eigenvalue weighted by molar-refractivity contribution is 5.86. The van der Waals surface area contributed by atoms with Gasteiger partial charge in [0.1, 0.15) is 5.75 Å². The lowest BCUT2D eigenvalue weighted by Gasteiger charge is -2.07. The molecule has 92 valence electrons. The molecule has 0 bridgehead atoms. The maximum absolute atomic E-state index is 11.7. The number of amides is 1. The van der Waals surface area contributed by atoms with E-state index in [9.17, 15) is 4.79 Å². The van der Waals surface area contributed by atoms with E-state index in [1.165, 1.54) is 0 Å². The molecule has 0 aromatic heterocycles. The second kappa shape index (κ2) is 5.36. The molecule has 1 amide bonds. The van der Waals surface area contributed by atoms with Crippen LogP contribution in [0.1, 0.15) is 11.1 Å². The van der Waals surface area contributed by atoms with Gasteiger partial charge >= 0.3 is 6.09 Å². The summed E-state index contributed by atoms with van der Waals surface area (Å²) in [6.07, 6.45) is -0.480. The van der Waals surface area contributed by atoms with Gasteiger partial charge in [0.05, 0.1) is 0 Å². The molecule has 3 heteroatoms. The zero-order valence-corrected chi connectivity index (χ0v) is 10.4. The monoisotopic (exact) mass is 241 g/mol. The molecule has 2 aromatic carbocycles. The number of anilines is 1. The number of carbonyl (C=O) groups is 1. The Kier molecular flexibility index (Phi) is 3.63. The molecule has 0 atom stereocenters. The van der Waals surface area contributed by atoms with Gasteiger partial charge in [-0.25, -0.2) is 4.79 Å². The third-order valence-corrected chi connectivity index (χ3v) is 2.46. The fraction of sp³-hybridized carbons (Fsp3) is 0.133. The Hall–Kier alpha value is -2.29. The molecule has 3 nitrogen and oxygen atoms in total. The third-order valence-electron chi connectivity index (χ3n) is 2.46. The molecule has 18 heavy (non-hydrogen) atoms. The van der Waals surface area contributed by atoms with Crippen molar-refractivity contribution in [1.82, 2.24) is 0 Å². The van der Waals surface area contributed by atoms with Gasteiger partial charge < -0.3 is 4.74 Å². The number of rotatable bonds is 2. The van der Waals surface area contributed by atoms with Crippen molar-refractivity contribution in [3.63, 3.8) is 0 Å². The molecule has 0 aliphatic rings. The summed E-state index contributed by atoms with van der Waals surface area (Å²) in [4.78, 5) is 11.7. The molecular weight excluding hydrogens is 226 g/mol. The van der Waals surface area contributed by atoms with Gasteiger partial charge in [-0.3, -0.25) is 5.32 Å². The van der Waals surface area contributed by atoms with Crippen LogP contribution in [0.3, 0.4) is 0 Å². The van der Waals surface area contributed by atoms with Crippen molar-refractivity contribution >= 4 is 11.8 Å². The maximum Gasteiger partial charge on any atom is 0.417 e. The molecule has 2 rings (SSSR count). The average molecular weight is 241 g/mol. The van der Waals surface area contributed by atoms with Gasteiger partial charge in [0.25, 0.3) is 0 Å². The number of aryl methyl sites for hydroxylation is 2. The van der Waals surface area contributed by atoms with Crippen LogP contribution in [0, 0.1) is 13.8 Å². The first-order chi connectivity index (χ1) is 8.63. The largest absolute Gasteiger partial charge is 0.417 e. The summed E-state index contributed by atoms with van der Waals surface area (Å²) >= 11 is 0. The smallest absolute Gasteiger partial charge is 0.410 e. The number of benzene rings is 2. The van der Waals surface area contributed by atoms with Crippen molar-refractivity contribution in [1.29, 1.82) is 0 Å². The van der Waals surface area contributed by atoms with Gasteiger partial charge in [-0.2, -0.15) is 0 Å². The molecule has 0 spiro atoms. The van der Waals surface area contributed by atoms with Crippen molar-refractivity contribution in [3.05, 3.63) is 59.7 Å².